The first-order valence-corrected chi connectivity index (χ1v) is 8.38. The fraction of sp³-hybridized carbons (Fsp3) is 0.333. The van der Waals surface area contributed by atoms with Gasteiger partial charge in [0.1, 0.15) is 6.33 Å². The molecule has 3 rings (SSSR count). The first kappa shape index (κ1) is 16.3. The second-order valence-electron chi connectivity index (χ2n) is 5.22. The highest BCUT2D eigenvalue weighted by Gasteiger charge is 2.28. The van der Waals surface area contributed by atoms with E-state index in [2.05, 4.69) is 15.0 Å². The molecule has 2 heterocycles. The zero-order chi connectivity index (χ0) is 17.3. The summed E-state index contributed by atoms with van der Waals surface area (Å²) in [6, 6.07) is 6.22. The number of fused-ring (bicyclic) bond motifs is 1. The normalized spacial score (nSPS) is 12.8. The fourth-order valence-corrected chi connectivity index (χ4v) is 3.89. The Bertz CT molecular complexity index is 871. The average molecular weight is 347 g/mol. The summed E-state index contributed by atoms with van der Waals surface area (Å²) in [5.74, 6) is 0.0240. The molecule has 0 bridgehead atoms. The molecule has 0 aliphatic carbocycles. The van der Waals surface area contributed by atoms with E-state index < -0.39 is 4.92 Å². The SMILES string of the molecule is CCN(CC)C(c1cccc([N+](=O)[O-])c1)c1sc2ncnn2c1O. The predicted molar refractivity (Wildman–Crippen MR) is 90.4 cm³/mol. The van der Waals surface area contributed by atoms with Crippen LogP contribution in [-0.2, 0) is 0 Å². The van der Waals surface area contributed by atoms with Crippen LogP contribution in [0.15, 0.2) is 30.6 Å². The molecule has 9 heteroatoms. The standard InChI is InChI=1S/C15H17N5O3S/c1-3-18(4-2)12(10-6-5-7-11(8-10)20(22)23)13-14(21)19-15(24-13)16-9-17-19/h5-9,12,21H,3-4H2,1-2H3. The third-order valence-corrected chi connectivity index (χ3v) is 5.05. The van der Waals surface area contributed by atoms with Gasteiger partial charge in [-0.15, -0.1) is 0 Å². The van der Waals surface area contributed by atoms with Gasteiger partial charge in [0.05, 0.1) is 15.8 Å². The topological polar surface area (TPSA) is 96.8 Å². The molecule has 1 atom stereocenters. The largest absolute Gasteiger partial charge is 0.492 e. The van der Waals surface area contributed by atoms with Gasteiger partial charge < -0.3 is 5.11 Å². The van der Waals surface area contributed by atoms with Crippen LogP contribution in [0, 0.1) is 10.1 Å². The molecule has 1 aromatic carbocycles. The van der Waals surface area contributed by atoms with Crippen molar-refractivity contribution in [3.05, 3.63) is 51.1 Å². The maximum absolute atomic E-state index is 11.1. The van der Waals surface area contributed by atoms with Crippen LogP contribution in [0.3, 0.4) is 0 Å². The van der Waals surface area contributed by atoms with Crippen molar-refractivity contribution in [3.63, 3.8) is 0 Å². The minimum absolute atomic E-state index is 0.0240. The molecule has 0 aliphatic heterocycles. The number of hydrogen-bond donors (Lipinski definition) is 1. The van der Waals surface area contributed by atoms with E-state index in [0.29, 0.717) is 9.84 Å². The summed E-state index contributed by atoms with van der Waals surface area (Å²) < 4.78 is 1.38. The Hall–Kier alpha value is -2.52. The Morgan fingerprint density at radius 3 is 2.79 bits per heavy atom. The number of thiazole rings is 1. The van der Waals surface area contributed by atoms with Gasteiger partial charge in [-0.3, -0.25) is 15.0 Å². The summed E-state index contributed by atoms with van der Waals surface area (Å²) in [5.41, 5.74) is 0.788. The van der Waals surface area contributed by atoms with Crippen molar-refractivity contribution in [1.82, 2.24) is 19.5 Å². The Balaban J connectivity index is 2.16. The highest BCUT2D eigenvalue weighted by atomic mass is 32.1. The lowest BCUT2D eigenvalue weighted by Gasteiger charge is -2.29. The molecule has 0 radical (unpaired) electrons. The smallest absolute Gasteiger partial charge is 0.269 e. The van der Waals surface area contributed by atoms with Crippen molar-refractivity contribution in [2.75, 3.05) is 13.1 Å². The Morgan fingerprint density at radius 1 is 1.42 bits per heavy atom. The summed E-state index contributed by atoms with van der Waals surface area (Å²) in [5, 5.41) is 25.7. The third kappa shape index (κ3) is 2.72. The summed E-state index contributed by atoms with van der Waals surface area (Å²) >= 11 is 1.33. The maximum atomic E-state index is 11.1. The molecule has 0 amide bonds. The molecule has 126 valence electrons. The lowest BCUT2D eigenvalue weighted by molar-refractivity contribution is -0.384. The molecule has 24 heavy (non-hydrogen) atoms. The van der Waals surface area contributed by atoms with Crippen LogP contribution in [0.5, 0.6) is 5.88 Å². The highest BCUT2D eigenvalue weighted by Crippen LogP contribution is 2.40. The number of non-ortho nitro benzene ring substituents is 1. The number of nitrogens with zero attached hydrogens (tertiary/aromatic N) is 5. The molecule has 1 unspecified atom stereocenters. The Kier molecular flexibility index (Phi) is 4.45. The molecular formula is C15H17N5O3S. The van der Waals surface area contributed by atoms with E-state index in [9.17, 15) is 15.2 Å². The van der Waals surface area contributed by atoms with E-state index in [1.165, 1.54) is 28.2 Å². The van der Waals surface area contributed by atoms with Gasteiger partial charge in [0, 0.05) is 12.1 Å². The van der Waals surface area contributed by atoms with Crippen molar-refractivity contribution in [1.29, 1.82) is 0 Å². The second-order valence-corrected chi connectivity index (χ2v) is 6.23. The zero-order valence-electron chi connectivity index (χ0n) is 13.3. The molecule has 3 aromatic rings. The predicted octanol–water partition coefficient (Wildman–Crippen LogP) is 2.84. The fourth-order valence-electron chi connectivity index (χ4n) is 2.80. The van der Waals surface area contributed by atoms with E-state index >= 15 is 0 Å². The van der Waals surface area contributed by atoms with Crippen LogP contribution in [0.4, 0.5) is 5.69 Å². The molecule has 0 saturated carbocycles. The van der Waals surface area contributed by atoms with Crippen LogP contribution < -0.4 is 0 Å². The van der Waals surface area contributed by atoms with Gasteiger partial charge in [0.2, 0.25) is 10.8 Å². The minimum atomic E-state index is -0.411. The van der Waals surface area contributed by atoms with Gasteiger partial charge in [-0.1, -0.05) is 37.3 Å². The number of hydrogen-bond acceptors (Lipinski definition) is 7. The number of nitro benzene ring substituents is 1. The highest BCUT2D eigenvalue weighted by molar-refractivity contribution is 7.17. The molecule has 8 nitrogen and oxygen atoms in total. The number of rotatable bonds is 6. The number of benzene rings is 1. The lowest BCUT2D eigenvalue weighted by Crippen LogP contribution is -2.29. The van der Waals surface area contributed by atoms with Crippen LogP contribution in [0.25, 0.3) is 4.96 Å². The molecular weight excluding hydrogens is 330 g/mol. The zero-order valence-corrected chi connectivity index (χ0v) is 14.1. The van der Waals surface area contributed by atoms with Crippen LogP contribution in [0.2, 0.25) is 0 Å². The monoisotopic (exact) mass is 347 g/mol. The molecule has 0 aliphatic rings. The van der Waals surface area contributed by atoms with Gasteiger partial charge in [-0.05, 0) is 18.7 Å². The summed E-state index contributed by atoms with van der Waals surface area (Å²) in [6.07, 6.45) is 1.38. The third-order valence-electron chi connectivity index (χ3n) is 3.96. The van der Waals surface area contributed by atoms with Crippen molar-refractivity contribution in [2.24, 2.45) is 0 Å². The van der Waals surface area contributed by atoms with Crippen molar-refractivity contribution in [2.45, 2.75) is 19.9 Å². The van der Waals surface area contributed by atoms with Crippen LogP contribution in [-0.4, -0.2) is 42.6 Å². The minimum Gasteiger partial charge on any atom is -0.492 e. The van der Waals surface area contributed by atoms with E-state index in [1.807, 2.05) is 19.9 Å². The summed E-state index contributed by atoms with van der Waals surface area (Å²) in [4.78, 5) is 18.2. The van der Waals surface area contributed by atoms with Crippen LogP contribution >= 0.6 is 11.3 Å². The van der Waals surface area contributed by atoms with Crippen molar-refractivity contribution in [3.8, 4) is 5.88 Å². The molecule has 0 fully saturated rings. The van der Waals surface area contributed by atoms with E-state index in [-0.39, 0.29) is 17.6 Å². The number of aromatic nitrogens is 3. The summed E-state index contributed by atoms with van der Waals surface area (Å²) in [7, 11) is 0. The van der Waals surface area contributed by atoms with Crippen LogP contribution in [0.1, 0.15) is 30.3 Å². The molecule has 1 N–H and O–H groups in total. The lowest BCUT2D eigenvalue weighted by atomic mass is 10.0. The molecule has 0 spiro atoms. The molecule has 2 aromatic heterocycles. The van der Waals surface area contributed by atoms with Crippen molar-refractivity contribution < 1.29 is 10.0 Å². The Morgan fingerprint density at radius 2 is 2.17 bits per heavy atom. The van der Waals surface area contributed by atoms with Crippen molar-refractivity contribution >= 4 is 22.0 Å². The van der Waals surface area contributed by atoms with E-state index in [4.69, 9.17) is 0 Å². The van der Waals surface area contributed by atoms with Gasteiger partial charge in [-0.25, -0.2) is 4.98 Å². The number of aromatic hydroxyl groups is 1. The quantitative estimate of drug-likeness (QED) is 0.544. The maximum Gasteiger partial charge on any atom is 0.269 e. The number of nitro groups is 1. The van der Waals surface area contributed by atoms with E-state index in [1.54, 1.807) is 12.1 Å². The Labute approximate surface area is 142 Å². The van der Waals surface area contributed by atoms with Gasteiger partial charge >= 0.3 is 0 Å². The molecule has 0 saturated heterocycles. The second kappa shape index (κ2) is 6.54. The summed E-state index contributed by atoms with van der Waals surface area (Å²) in [6.45, 7) is 5.50. The average Bonchev–Trinajstić information content (AvgIpc) is 3.16. The van der Waals surface area contributed by atoms with E-state index in [0.717, 1.165) is 18.7 Å². The first-order valence-electron chi connectivity index (χ1n) is 7.56. The van der Waals surface area contributed by atoms with Gasteiger partial charge in [-0.2, -0.15) is 9.61 Å². The first-order chi connectivity index (χ1) is 11.6. The van der Waals surface area contributed by atoms with Gasteiger partial charge in [0.25, 0.3) is 5.69 Å². The van der Waals surface area contributed by atoms with Gasteiger partial charge in [0.15, 0.2) is 0 Å².